The Kier molecular flexibility index (Phi) is 7.49. The summed E-state index contributed by atoms with van der Waals surface area (Å²) in [6.45, 7) is 5.44. The van der Waals surface area contributed by atoms with E-state index in [0.717, 1.165) is 36.3 Å². The van der Waals surface area contributed by atoms with Crippen LogP contribution in [0, 0.1) is 5.92 Å². The minimum atomic E-state index is 0.0250. The summed E-state index contributed by atoms with van der Waals surface area (Å²) in [5, 5.41) is 8.81. The molecule has 0 spiro atoms. The first-order valence-corrected chi connectivity index (χ1v) is 11.9. The monoisotopic (exact) mass is 467 g/mol. The van der Waals surface area contributed by atoms with Crippen molar-refractivity contribution < 1.29 is 19.1 Å². The van der Waals surface area contributed by atoms with Crippen LogP contribution < -0.4 is 14.4 Å². The lowest BCUT2D eigenvalue weighted by Gasteiger charge is -2.36. The second kappa shape index (κ2) is 10.7. The minimum Gasteiger partial charge on any atom is -0.493 e. The fourth-order valence-corrected chi connectivity index (χ4v) is 4.22. The van der Waals surface area contributed by atoms with Crippen LogP contribution in [0.1, 0.15) is 26.2 Å². The van der Waals surface area contributed by atoms with Gasteiger partial charge in [-0.3, -0.25) is 9.59 Å². The van der Waals surface area contributed by atoms with Gasteiger partial charge in [-0.25, -0.2) is 0 Å². The number of piperazine rings is 1. The van der Waals surface area contributed by atoms with Crippen molar-refractivity contribution in [2.45, 2.75) is 26.2 Å². The number of nitrogens with zero attached hydrogens (tertiary/aromatic N) is 5. The second-order valence-corrected chi connectivity index (χ2v) is 8.75. The quantitative estimate of drug-likeness (QED) is 0.560. The number of rotatable bonds is 9. The lowest BCUT2D eigenvalue weighted by molar-refractivity contribution is -0.141. The number of hydrogen-bond acceptors (Lipinski definition) is 7. The molecule has 34 heavy (non-hydrogen) atoms. The number of methoxy groups -OCH3 is 2. The van der Waals surface area contributed by atoms with Crippen LogP contribution in [0.15, 0.2) is 30.3 Å². The third-order valence-electron chi connectivity index (χ3n) is 6.34. The van der Waals surface area contributed by atoms with E-state index in [1.54, 1.807) is 19.1 Å². The van der Waals surface area contributed by atoms with E-state index in [2.05, 4.69) is 15.1 Å². The molecule has 0 radical (unpaired) electrons. The number of carbonyl (C=O) groups is 2. The summed E-state index contributed by atoms with van der Waals surface area (Å²) in [7, 11) is 3.21. The smallest absolute Gasteiger partial charge is 0.242 e. The van der Waals surface area contributed by atoms with Crippen LogP contribution in [0.2, 0.25) is 0 Å². The maximum absolute atomic E-state index is 12.8. The van der Waals surface area contributed by atoms with Crippen LogP contribution >= 0.6 is 0 Å². The molecule has 2 aliphatic rings. The molecule has 0 atom stereocenters. The van der Waals surface area contributed by atoms with Crippen LogP contribution in [0.5, 0.6) is 11.5 Å². The van der Waals surface area contributed by atoms with Crippen LogP contribution in [0.4, 0.5) is 5.82 Å². The van der Waals surface area contributed by atoms with E-state index in [9.17, 15) is 9.59 Å². The third kappa shape index (κ3) is 5.40. The zero-order valence-electron chi connectivity index (χ0n) is 20.2. The Balaban J connectivity index is 1.33. The number of hydrogen-bond donors (Lipinski definition) is 0. The van der Waals surface area contributed by atoms with Gasteiger partial charge in [0.05, 0.1) is 26.5 Å². The molecule has 0 N–H and O–H groups in total. The number of benzene rings is 1. The van der Waals surface area contributed by atoms with Gasteiger partial charge in [0, 0.05) is 44.2 Å². The van der Waals surface area contributed by atoms with Gasteiger partial charge in [0.15, 0.2) is 17.3 Å². The maximum Gasteiger partial charge on any atom is 0.242 e. The van der Waals surface area contributed by atoms with Crippen molar-refractivity contribution in [1.29, 1.82) is 0 Å². The summed E-state index contributed by atoms with van der Waals surface area (Å²) < 4.78 is 10.7. The van der Waals surface area contributed by atoms with Crippen LogP contribution in [0.3, 0.4) is 0 Å². The Bertz CT molecular complexity index is 1000. The predicted octanol–water partition coefficient (Wildman–Crippen LogP) is 2.46. The Morgan fingerprint density at radius 3 is 2.32 bits per heavy atom. The number of anilines is 1. The van der Waals surface area contributed by atoms with Gasteiger partial charge in [0.25, 0.3) is 0 Å². The summed E-state index contributed by atoms with van der Waals surface area (Å²) in [6, 6.07) is 9.54. The lowest BCUT2D eigenvalue weighted by Crippen LogP contribution is -2.52. The van der Waals surface area contributed by atoms with Crippen LogP contribution in [-0.4, -0.2) is 85.3 Å². The summed E-state index contributed by atoms with van der Waals surface area (Å²) in [5.74, 6) is 2.39. The maximum atomic E-state index is 12.8. The average Bonchev–Trinajstić information content (AvgIpc) is 3.73. The first-order valence-electron chi connectivity index (χ1n) is 11.9. The lowest BCUT2D eigenvalue weighted by atomic mass is 10.1. The number of amides is 2. The topological polar surface area (TPSA) is 88.1 Å². The largest absolute Gasteiger partial charge is 0.493 e. The zero-order valence-corrected chi connectivity index (χ0v) is 20.2. The summed E-state index contributed by atoms with van der Waals surface area (Å²) in [4.78, 5) is 31.0. The first-order chi connectivity index (χ1) is 16.5. The first kappa shape index (κ1) is 23.8. The van der Waals surface area contributed by atoms with Gasteiger partial charge in [0.2, 0.25) is 11.8 Å². The number of ether oxygens (including phenoxy) is 2. The average molecular weight is 468 g/mol. The van der Waals surface area contributed by atoms with Gasteiger partial charge < -0.3 is 24.2 Å². The highest BCUT2D eigenvalue weighted by Crippen LogP contribution is 2.32. The van der Waals surface area contributed by atoms with Crippen LogP contribution in [0.25, 0.3) is 11.3 Å². The van der Waals surface area contributed by atoms with Gasteiger partial charge in [-0.2, -0.15) is 0 Å². The van der Waals surface area contributed by atoms with E-state index in [1.165, 1.54) is 0 Å². The molecule has 2 aromatic rings. The Labute approximate surface area is 200 Å². The fourth-order valence-electron chi connectivity index (χ4n) is 4.22. The molecule has 1 aromatic carbocycles. The van der Waals surface area contributed by atoms with Crippen molar-refractivity contribution in [3.05, 3.63) is 30.3 Å². The Morgan fingerprint density at radius 1 is 1.00 bits per heavy atom. The Morgan fingerprint density at radius 2 is 1.74 bits per heavy atom. The molecule has 9 nitrogen and oxygen atoms in total. The van der Waals surface area contributed by atoms with Gasteiger partial charge in [-0.05, 0) is 49.6 Å². The highest BCUT2D eigenvalue weighted by Gasteiger charge is 2.34. The molecule has 1 saturated carbocycles. The van der Waals surface area contributed by atoms with Gasteiger partial charge in [-0.1, -0.05) is 6.92 Å². The van der Waals surface area contributed by atoms with E-state index in [-0.39, 0.29) is 24.3 Å². The highest BCUT2D eigenvalue weighted by molar-refractivity contribution is 5.87. The summed E-state index contributed by atoms with van der Waals surface area (Å²) in [6.07, 6.45) is 2.77. The Hall–Kier alpha value is -3.36. The van der Waals surface area contributed by atoms with Gasteiger partial charge in [-0.15, -0.1) is 10.2 Å². The molecule has 0 unspecified atom stereocenters. The zero-order chi connectivity index (χ0) is 24.1. The molecule has 2 fully saturated rings. The molecule has 9 heteroatoms. The van der Waals surface area contributed by atoms with Crippen molar-refractivity contribution >= 4 is 17.6 Å². The molecule has 1 aliphatic carbocycles. The SMILES string of the molecule is CCCN(CC(=O)N1CCN(c2ccc(-c3ccc(OC)c(OC)c3)nn2)CC1)C(=O)C1CC1. The molecular weight excluding hydrogens is 434 g/mol. The molecule has 1 aromatic heterocycles. The van der Waals surface area contributed by atoms with E-state index >= 15 is 0 Å². The molecule has 0 bridgehead atoms. The second-order valence-electron chi connectivity index (χ2n) is 8.75. The van der Waals surface area contributed by atoms with Crippen molar-refractivity contribution in [1.82, 2.24) is 20.0 Å². The number of aromatic nitrogens is 2. The normalized spacial score (nSPS) is 15.7. The summed E-state index contributed by atoms with van der Waals surface area (Å²) >= 11 is 0. The van der Waals surface area contributed by atoms with E-state index in [4.69, 9.17) is 9.47 Å². The van der Waals surface area contributed by atoms with Crippen molar-refractivity contribution in [3.8, 4) is 22.8 Å². The molecule has 1 saturated heterocycles. The van der Waals surface area contributed by atoms with E-state index in [1.807, 2.05) is 42.2 Å². The van der Waals surface area contributed by atoms with E-state index in [0.29, 0.717) is 44.2 Å². The van der Waals surface area contributed by atoms with Crippen LogP contribution in [-0.2, 0) is 9.59 Å². The summed E-state index contributed by atoms with van der Waals surface area (Å²) in [5.41, 5.74) is 1.64. The third-order valence-corrected chi connectivity index (χ3v) is 6.34. The van der Waals surface area contributed by atoms with Crippen molar-refractivity contribution in [3.63, 3.8) is 0 Å². The van der Waals surface area contributed by atoms with E-state index < -0.39 is 0 Å². The number of carbonyl (C=O) groups excluding carboxylic acids is 2. The van der Waals surface area contributed by atoms with Crippen molar-refractivity contribution in [2.75, 3.05) is 58.4 Å². The van der Waals surface area contributed by atoms with Gasteiger partial charge in [0.1, 0.15) is 0 Å². The predicted molar refractivity (Wildman–Crippen MR) is 129 cm³/mol. The molecule has 2 amide bonds. The minimum absolute atomic E-state index is 0.0250. The highest BCUT2D eigenvalue weighted by atomic mass is 16.5. The molecule has 4 rings (SSSR count). The fraction of sp³-hybridized carbons (Fsp3) is 0.520. The standard InChI is InChI=1S/C25H33N5O4/c1-4-11-30(25(32)18-5-6-18)17-24(31)29-14-12-28(13-15-29)23-10-8-20(26-27-23)19-7-9-21(33-2)22(16-19)34-3/h7-10,16,18H,4-6,11-15,17H2,1-3H3. The molecule has 1 aliphatic heterocycles. The molecule has 182 valence electrons. The van der Waals surface area contributed by atoms with Gasteiger partial charge >= 0.3 is 0 Å². The van der Waals surface area contributed by atoms with Crippen molar-refractivity contribution in [2.24, 2.45) is 5.92 Å². The molecular formula is C25H33N5O4. The molecule has 2 heterocycles.